The fraction of sp³-hybridized carbons (Fsp3) is 0.310. The van der Waals surface area contributed by atoms with Crippen molar-refractivity contribution in [2.45, 2.75) is 45.1 Å². The van der Waals surface area contributed by atoms with Gasteiger partial charge in [0.05, 0.1) is 6.61 Å². The maximum Gasteiger partial charge on any atom is 0.257 e. The summed E-state index contributed by atoms with van der Waals surface area (Å²) in [6.45, 7) is 5.12. The molecule has 2 aromatic heterocycles. The minimum Gasteiger partial charge on any atom is -0.493 e. The standard InChI is InChI=1S/C29H32N6O3/c1-3-4-17-37-24-18-22(29(36)30-26-14-16-34(2)33-26)19-25(20-24)38-23-12-10-21(11-13-23)28-32-31-27-9-7-5-6-8-15-35(27)28/h3,10-14,16,18-20H,1,4-9,15,17H2,2H3,(H,30,33,36). The Bertz CT molecular complexity index is 1410. The Morgan fingerprint density at radius 2 is 1.84 bits per heavy atom. The van der Waals surface area contributed by atoms with E-state index in [1.54, 1.807) is 48.3 Å². The Hall–Kier alpha value is -4.40. The number of carbonyl (C=O) groups is 1. The topological polar surface area (TPSA) is 96.1 Å². The van der Waals surface area contributed by atoms with Gasteiger partial charge in [0, 0.05) is 49.5 Å². The zero-order valence-corrected chi connectivity index (χ0v) is 21.6. The molecule has 4 aromatic rings. The summed E-state index contributed by atoms with van der Waals surface area (Å²) >= 11 is 0. The molecule has 0 atom stereocenters. The number of fused-ring (bicyclic) bond motifs is 1. The van der Waals surface area contributed by atoms with Gasteiger partial charge >= 0.3 is 0 Å². The number of nitrogens with one attached hydrogen (secondary N) is 1. The molecule has 0 spiro atoms. The molecular weight excluding hydrogens is 480 g/mol. The van der Waals surface area contributed by atoms with Crippen LogP contribution in [0.1, 0.15) is 48.3 Å². The average molecular weight is 513 g/mol. The van der Waals surface area contributed by atoms with Gasteiger partial charge in [-0.3, -0.25) is 9.48 Å². The third-order valence-electron chi connectivity index (χ3n) is 6.40. The lowest BCUT2D eigenvalue weighted by Crippen LogP contribution is -2.13. The van der Waals surface area contributed by atoms with Gasteiger partial charge < -0.3 is 19.4 Å². The third kappa shape index (κ3) is 6.11. The molecule has 1 amide bonds. The van der Waals surface area contributed by atoms with Crippen molar-refractivity contribution in [1.82, 2.24) is 24.5 Å². The maximum atomic E-state index is 12.9. The van der Waals surface area contributed by atoms with Gasteiger partial charge in [-0.05, 0) is 55.7 Å². The number of amides is 1. The van der Waals surface area contributed by atoms with E-state index in [4.69, 9.17) is 9.47 Å². The number of rotatable bonds is 9. The lowest BCUT2D eigenvalue weighted by Gasteiger charge is -2.14. The van der Waals surface area contributed by atoms with Crippen LogP contribution >= 0.6 is 0 Å². The molecule has 196 valence electrons. The molecule has 0 fully saturated rings. The Kier molecular flexibility index (Phi) is 7.82. The Morgan fingerprint density at radius 3 is 2.63 bits per heavy atom. The van der Waals surface area contributed by atoms with E-state index in [1.165, 1.54) is 12.8 Å². The number of nitrogens with zero attached hydrogens (tertiary/aromatic N) is 5. The van der Waals surface area contributed by atoms with E-state index in [-0.39, 0.29) is 5.91 Å². The molecule has 2 aromatic carbocycles. The van der Waals surface area contributed by atoms with Crippen molar-refractivity contribution in [2.75, 3.05) is 11.9 Å². The van der Waals surface area contributed by atoms with Crippen LogP contribution < -0.4 is 14.8 Å². The summed E-state index contributed by atoms with van der Waals surface area (Å²) in [5, 5.41) is 15.9. The van der Waals surface area contributed by atoms with E-state index < -0.39 is 0 Å². The fourth-order valence-corrected chi connectivity index (χ4v) is 4.46. The molecule has 9 nitrogen and oxygen atoms in total. The minimum absolute atomic E-state index is 0.304. The Morgan fingerprint density at radius 1 is 1.03 bits per heavy atom. The van der Waals surface area contributed by atoms with Crippen molar-refractivity contribution in [2.24, 2.45) is 7.05 Å². The highest BCUT2D eigenvalue weighted by atomic mass is 16.5. The Balaban J connectivity index is 1.35. The van der Waals surface area contributed by atoms with Gasteiger partial charge in [0.25, 0.3) is 5.91 Å². The molecule has 0 aliphatic carbocycles. The normalized spacial score (nSPS) is 13.2. The Labute approximate surface area is 222 Å². The molecule has 1 N–H and O–H groups in total. The van der Waals surface area contributed by atoms with Crippen LogP contribution in [-0.4, -0.2) is 37.1 Å². The molecule has 5 rings (SSSR count). The lowest BCUT2D eigenvalue weighted by atomic mass is 10.1. The van der Waals surface area contributed by atoms with Crippen LogP contribution in [0.2, 0.25) is 0 Å². The second-order valence-corrected chi connectivity index (χ2v) is 9.33. The van der Waals surface area contributed by atoms with E-state index in [0.717, 1.165) is 43.0 Å². The predicted molar refractivity (Wildman–Crippen MR) is 146 cm³/mol. The number of hydrogen-bond acceptors (Lipinski definition) is 6. The fourth-order valence-electron chi connectivity index (χ4n) is 4.46. The zero-order chi connectivity index (χ0) is 26.3. The van der Waals surface area contributed by atoms with Crippen LogP contribution in [0.5, 0.6) is 17.2 Å². The molecule has 0 bridgehead atoms. The van der Waals surface area contributed by atoms with Crippen LogP contribution in [-0.2, 0) is 20.0 Å². The number of hydrogen-bond donors (Lipinski definition) is 1. The van der Waals surface area contributed by atoms with Crippen molar-refractivity contribution in [3.63, 3.8) is 0 Å². The van der Waals surface area contributed by atoms with Gasteiger partial charge in [-0.25, -0.2) is 0 Å². The molecule has 1 aliphatic heterocycles. The number of ether oxygens (including phenoxy) is 2. The van der Waals surface area contributed by atoms with Crippen molar-refractivity contribution in [3.8, 4) is 28.6 Å². The van der Waals surface area contributed by atoms with Crippen molar-refractivity contribution < 1.29 is 14.3 Å². The summed E-state index contributed by atoms with van der Waals surface area (Å²) in [6, 6.07) is 14.7. The number of aryl methyl sites for hydroxylation is 2. The summed E-state index contributed by atoms with van der Waals surface area (Å²) in [6.07, 6.45) is 9.99. The lowest BCUT2D eigenvalue weighted by molar-refractivity contribution is 0.102. The molecule has 3 heterocycles. The maximum absolute atomic E-state index is 12.9. The van der Waals surface area contributed by atoms with Gasteiger partial charge in [-0.2, -0.15) is 5.10 Å². The van der Waals surface area contributed by atoms with E-state index in [2.05, 4.69) is 31.8 Å². The van der Waals surface area contributed by atoms with Gasteiger partial charge in [-0.1, -0.05) is 18.9 Å². The van der Waals surface area contributed by atoms with Gasteiger partial charge in [0.2, 0.25) is 0 Å². The minimum atomic E-state index is -0.304. The molecule has 1 aliphatic rings. The second-order valence-electron chi connectivity index (χ2n) is 9.33. The summed E-state index contributed by atoms with van der Waals surface area (Å²) in [5.41, 5.74) is 1.40. The van der Waals surface area contributed by atoms with Gasteiger partial charge in [0.1, 0.15) is 23.1 Å². The van der Waals surface area contributed by atoms with Crippen LogP contribution in [0.4, 0.5) is 5.82 Å². The van der Waals surface area contributed by atoms with Crippen molar-refractivity contribution >= 4 is 11.7 Å². The van der Waals surface area contributed by atoms with E-state index >= 15 is 0 Å². The van der Waals surface area contributed by atoms with Crippen LogP contribution in [0.3, 0.4) is 0 Å². The molecule has 0 radical (unpaired) electrons. The van der Waals surface area contributed by atoms with Crippen LogP contribution in [0.15, 0.2) is 67.4 Å². The number of carbonyl (C=O) groups excluding carboxylic acids is 1. The summed E-state index contributed by atoms with van der Waals surface area (Å²) in [5.74, 6) is 3.78. The average Bonchev–Trinajstić information content (AvgIpc) is 3.49. The number of aromatic nitrogens is 5. The first-order valence-corrected chi connectivity index (χ1v) is 13.0. The van der Waals surface area contributed by atoms with Crippen LogP contribution in [0.25, 0.3) is 11.4 Å². The summed E-state index contributed by atoms with van der Waals surface area (Å²) < 4.78 is 15.9. The largest absolute Gasteiger partial charge is 0.493 e. The van der Waals surface area contributed by atoms with E-state index in [0.29, 0.717) is 41.7 Å². The highest BCUT2D eigenvalue weighted by molar-refractivity contribution is 6.04. The number of benzene rings is 2. The molecular formula is C29H32N6O3. The highest BCUT2D eigenvalue weighted by Crippen LogP contribution is 2.30. The molecule has 9 heteroatoms. The first-order valence-electron chi connectivity index (χ1n) is 13.0. The van der Waals surface area contributed by atoms with E-state index in [9.17, 15) is 4.79 Å². The summed E-state index contributed by atoms with van der Waals surface area (Å²) in [7, 11) is 1.79. The molecule has 0 unspecified atom stereocenters. The molecule has 38 heavy (non-hydrogen) atoms. The molecule has 0 saturated heterocycles. The number of anilines is 1. The zero-order valence-electron chi connectivity index (χ0n) is 21.6. The predicted octanol–water partition coefficient (Wildman–Crippen LogP) is 5.79. The van der Waals surface area contributed by atoms with Gasteiger partial charge in [0.15, 0.2) is 11.6 Å². The first kappa shape index (κ1) is 25.3. The van der Waals surface area contributed by atoms with Crippen LogP contribution in [0, 0.1) is 0 Å². The highest BCUT2D eigenvalue weighted by Gasteiger charge is 2.16. The van der Waals surface area contributed by atoms with E-state index in [1.807, 2.05) is 24.3 Å². The van der Waals surface area contributed by atoms with Crippen molar-refractivity contribution in [1.29, 1.82) is 0 Å². The third-order valence-corrected chi connectivity index (χ3v) is 6.40. The van der Waals surface area contributed by atoms with Crippen molar-refractivity contribution in [3.05, 3.63) is 78.8 Å². The first-order chi connectivity index (χ1) is 18.6. The summed E-state index contributed by atoms with van der Waals surface area (Å²) in [4.78, 5) is 12.9. The monoisotopic (exact) mass is 512 g/mol. The smallest absolute Gasteiger partial charge is 0.257 e. The molecule has 0 saturated carbocycles. The quantitative estimate of drug-likeness (QED) is 0.225. The van der Waals surface area contributed by atoms with Gasteiger partial charge in [-0.15, -0.1) is 16.8 Å². The second kappa shape index (κ2) is 11.8. The SMILES string of the molecule is C=CCCOc1cc(Oc2ccc(-c3nnc4n3CCCCCC4)cc2)cc(C(=O)Nc2ccn(C)n2)c1.